The molecule has 0 N–H and O–H groups in total. The van der Waals surface area contributed by atoms with Crippen molar-refractivity contribution >= 4 is 15.8 Å². The Hall–Kier alpha value is 1.09. The van der Waals surface area contributed by atoms with Crippen molar-refractivity contribution in [1.82, 2.24) is 0 Å². The Kier molecular flexibility index (Phi) is 12.9. The Morgan fingerprint density at radius 1 is 0.478 bits per heavy atom. The fraction of sp³-hybridized carbons (Fsp3) is 0.900. The zero-order valence-electron chi connectivity index (χ0n) is 18.1. The third-order valence-corrected chi connectivity index (χ3v) is 13.5. The van der Waals surface area contributed by atoms with Crippen LogP contribution in [0.1, 0.15) is 83.1 Å². The second kappa shape index (κ2) is 10.3. The van der Waals surface area contributed by atoms with Gasteiger partial charge in [-0.1, -0.05) is 0 Å². The zero-order chi connectivity index (χ0) is 18.6. The largest absolute Gasteiger partial charge is 0.106 e. The molecule has 0 unspecified atom stereocenters. The van der Waals surface area contributed by atoms with Gasteiger partial charge in [-0.15, -0.1) is 13.2 Å². The van der Waals surface area contributed by atoms with Gasteiger partial charge in [0.1, 0.15) is 0 Å². The van der Waals surface area contributed by atoms with Crippen molar-refractivity contribution in [2.24, 2.45) is 0 Å². The van der Waals surface area contributed by atoms with Gasteiger partial charge >= 0.3 is 0 Å². The van der Waals surface area contributed by atoms with Crippen LogP contribution in [0.4, 0.5) is 0 Å². The van der Waals surface area contributed by atoms with Crippen molar-refractivity contribution in [3.63, 3.8) is 0 Å². The first-order valence-corrected chi connectivity index (χ1v) is 12.1. The molecule has 0 aliphatic rings. The van der Waals surface area contributed by atoms with Crippen LogP contribution in [0.3, 0.4) is 0 Å². The van der Waals surface area contributed by atoms with Gasteiger partial charge in [0.25, 0.3) is 0 Å². The molecule has 0 radical (unpaired) electrons. The van der Waals surface area contributed by atoms with E-state index in [1.165, 1.54) is 12.3 Å². The van der Waals surface area contributed by atoms with Crippen molar-refractivity contribution in [3.05, 3.63) is 13.2 Å². The summed E-state index contributed by atoms with van der Waals surface area (Å²) in [5.41, 5.74) is 0. The third kappa shape index (κ3) is 11.3. The summed E-state index contributed by atoms with van der Waals surface area (Å²) in [6, 6.07) is 0. The average Bonchev–Trinajstić information content (AvgIpc) is 2.19. The summed E-state index contributed by atoms with van der Waals surface area (Å²) < 4.78 is 0. The van der Waals surface area contributed by atoms with Gasteiger partial charge in [-0.05, 0) is 83.1 Å². The predicted octanol–water partition coefficient (Wildman–Crippen LogP) is 7.41. The van der Waals surface area contributed by atoms with E-state index >= 15 is 0 Å². The van der Waals surface area contributed by atoms with Crippen LogP contribution in [-0.4, -0.2) is 32.9 Å². The summed E-state index contributed by atoms with van der Waals surface area (Å²) in [6.07, 6.45) is 2.97. The maximum atomic E-state index is 3.00. The average molecular weight is 407 g/mol. The van der Waals surface area contributed by atoms with Gasteiger partial charge in [0, 0.05) is 32.3 Å². The first-order valence-electron chi connectivity index (χ1n) is 8.71. The van der Waals surface area contributed by atoms with Gasteiger partial charge < -0.3 is 0 Å². The second-order valence-corrected chi connectivity index (χ2v) is 19.4. The molecule has 0 aliphatic heterocycles. The summed E-state index contributed by atoms with van der Waals surface area (Å²) in [7, 11) is -0.729. The minimum atomic E-state index is -0.364. The van der Waals surface area contributed by atoms with Crippen LogP contribution in [0.25, 0.3) is 0 Å². The SMILES string of the molecule is C=C.CC(C)(C)[PH+](CC[PH+](C(C)(C)C)C(C)(C)C)C(C)(C)C.[Ni]. The van der Waals surface area contributed by atoms with Crippen LogP contribution in [0.5, 0.6) is 0 Å². The molecule has 23 heavy (non-hydrogen) atoms. The number of hydrogen-bond acceptors (Lipinski definition) is 0. The Bertz CT molecular complexity index is 250. The third-order valence-electron chi connectivity index (χ3n) is 4.25. The number of rotatable bonds is 3. The van der Waals surface area contributed by atoms with E-state index in [1.54, 1.807) is 0 Å². The van der Waals surface area contributed by atoms with Gasteiger partial charge in [-0.2, -0.15) is 0 Å². The van der Waals surface area contributed by atoms with Gasteiger partial charge in [0.05, 0.1) is 32.9 Å². The molecule has 0 saturated carbocycles. The van der Waals surface area contributed by atoms with Gasteiger partial charge in [-0.25, -0.2) is 0 Å². The minimum absolute atomic E-state index is 0. The molecular formula is C20H46NiP2+2. The van der Waals surface area contributed by atoms with E-state index in [1.807, 2.05) is 0 Å². The fourth-order valence-electron chi connectivity index (χ4n) is 4.00. The molecule has 0 heterocycles. The fourth-order valence-corrected chi connectivity index (χ4v) is 13.5. The summed E-state index contributed by atoms with van der Waals surface area (Å²) in [6.45, 7) is 35.6. The standard InChI is InChI=1S/C18H40P2.C2H4.Ni/c1-15(2,3)19(16(4,5)6)13-14-20(17(7,8)9)18(10,11)12;1-2;/h13-14H2,1-12H3;1-2H2;/p+2. The van der Waals surface area contributed by atoms with E-state index in [4.69, 9.17) is 0 Å². The van der Waals surface area contributed by atoms with Crippen molar-refractivity contribution in [1.29, 1.82) is 0 Å². The van der Waals surface area contributed by atoms with Crippen molar-refractivity contribution in [2.45, 2.75) is 104 Å². The van der Waals surface area contributed by atoms with Gasteiger partial charge in [-0.3, -0.25) is 0 Å². The predicted molar refractivity (Wildman–Crippen MR) is 117 cm³/mol. The minimum Gasteiger partial charge on any atom is -0.106 e. The van der Waals surface area contributed by atoms with E-state index in [0.717, 1.165) is 0 Å². The molecular weight excluding hydrogens is 361 g/mol. The Morgan fingerprint density at radius 3 is 0.696 bits per heavy atom. The quantitative estimate of drug-likeness (QED) is 0.260. The second-order valence-electron chi connectivity index (χ2n) is 10.5. The van der Waals surface area contributed by atoms with Crippen molar-refractivity contribution < 1.29 is 16.5 Å². The first-order chi connectivity index (χ1) is 9.47. The normalized spacial score (nSPS) is 13.5. The van der Waals surface area contributed by atoms with Gasteiger partial charge in [0.2, 0.25) is 0 Å². The summed E-state index contributed by atoms with van der Waals surface area (Å²) in [4.78, 5) is 0. The maximum Gasteiger partial charge on any atom is 0.0915 e. The Balaban J connectivity index is -0.00000128. The van der Waals surface area contributed by atoms with Crippen LogP contribution in [-0.2, 0) is 16.5 Å². The Morgan fingerprint density at radius 2 is 0.609 bits per heavy atom. The van der Waals surface area contributed by atoms with Crippen LogP contribution >= 0.6 is 15.8 Å². The molecule has 0 saturated heterocycles. The molecule has 0 nitrogen and oxygen atoms in total. The molecule has 0 bridgehead atoms. The van der Waals surface area contributed by atoms with Crippen LogP contribution in [0.2, 0.25) is 0 Å². The summed E-state index contributed by atoms with van der Waals surface area (Å²) in [5, 5.41) is 2.02. The molecule has 0 rings (SSSR count). The molecule has 0 aromatic carbocycles. The van der Waals surface area contributed by atoms with E-state index in [-0.39, 0.29) is 32.3 Å². The monoisotopic (exact) mass is 406 g/mol. The molecule has 0 aromatic heterocycles. The van der Waals surface area contributed by atoms with E-state index < -0.39 is 0 Å². The van der Waals surface area contributed by atoms with Gasteiger partial charge in [0.15, 0.2) is 0 Å². The van der Waals surface area contributed by atoms with Crippen LogP contribution in [0, 0.1) is 0 Å². The molecule has 0 aromatic rings. The molecule has 0 spiro atoms. The smallest absolute Gasteiger partial charge is 0.0915 e. The number of hydrogen-bond donors (Lipinski definition) is 0. The maximum absolute atomic E-state index is 3.00. The molecule has 0 aliphatic carbocycles. The van der Waals surface area contributed by atoms with Crippen LogP contribution < -0.4 is 0 Å². The summed E-state index contributed by atoms with van der Waals surface area (Å²) >= 11 is 0. The van der Waals surface area contributed by atoms with E-state index in [9.17, 15) is 0 Å². The molecule has 0 fully saturated rings. The zero-order valence-corrected chi connectivity index (χ0v) is 21.1. The Labute approximate surface area is 161 Å². The molecule has 0 amide bonds. The summed E-state index contributed by atoms with van der Waals surface area (Å²) in [5.74, 6) is 0. The first kappa shape index (κ1) is 28.9. The molecule has 3 heteroatoms. The molecule has 144 valence electrons. The van der Waals surface area contributed by atoms with Crippen molar-refractivity contribution in [2.75, 3.05) is 12.3 Å². The van der Waals surface area contributed by atoms with E-state index in [0.29, 0.717) is 20.6 Å². The van der Waals surface area contributed by atoms with E-state index in [2.05, 4.69) is 96.2 Å². The topological polar surface area (TPSA) is 0 Å². The van der Waals surface area contributed by atoms with Crippen LogP contribution in [0.15, 0.2) is 13.2 Å². The molecule has 0 atom stereocenters. The van der Waals surface area contributed by atoms with Crippen molar-refractivity contribution in [3.8, 4) is 0 Å².